The highest BCUT2D eigenvalue weighted by molar-refractivity contribution is 5.20. The van der Waals surface area contributed by atoms with Gasteiger partial charge in [-0.05, 0) is 50.4 Å². The molecule has 0 radical (unpaired) electrons. The van der Waals surface area contributed by atoms with Crippen LogP contribution in [0.2, 0.25) is 0 Å². The van der Waals surface area contributed by atoms with E-state index in [0.717, 1.165) is 12.5 Å². The molecule has 0 spiro atoms. The lowest BCUT2D eigenvalue weighted by atomic mass is 10.0. The van der Waals surface area contributed by atoms with Crippen molar-refractivity contribution in [2.24, 2.45) is 5.92 Å². The summed E-state index contributed by atoms with van der Waals surface area (Å²) in [5, 5.41) is 10.0. The molecule has 0 aromatic heterocycles. The van der Waals surface area contributed by atoms with Crippen molar-refractivity contribution < 1.29 is 13.9 Å². The minimum Gasteiger partial charge on any atom is -0.388 e. The predicted molar refractivity (Wildman–Crippen MR) is 77.5 cm³/mol. The molecule has 1 aromatic carbocycles. The molecule has 1 aromatic rings. The predicted octanol–water partition coefficient (Wildman–Crippen LogP) is 3.75. The lowest BCUT2D eigenvalue weighted by Crippen LogP contribution is -2.31. The highest BCUT2D eigenvalue weighted by Gasteiger charge is 2.15. The van der Waals surface area contributed by atoms with Crippen LogP contribution in [0.15, 0.2) is 18.2 Å². The third kappa shape index (κ3) is 5.55. The second-order valence-electron chi connectivity index (χ2n) is 5.97. The largest absolute Gasteiger partial charge is 0.388 e. The fourth-order valence-electron chi connectivity index (χ4n) is 2.34. The number of benzene rings is 1. The summed E-state index contributed by atoms with van der Waals surface area (Å²) in [6.07, 6.45) is 0.706. The van der Waals surface area contributed by atoms with Crippen LogP contribution in [-0.4, -0.2) is 29.6 Å². The van der Waals surface area contributed by atoms with E-state index in [4.69, 9.17) is 0 Å². The zero-order chi connectivity index (χ0) is 15.3. The molecule has 4 heteroatoms. The molecule has 0 heterocycles. The fourth-order valence-corrected chi connectivity index (χ4v) is 2.34. The first-order chi connectivity index (χ1) is 9.29. The number of aliphatic hydroxyl groups excluding tert-OH is 1. The molecule has 0 amide bonds. The first-order valence-corrected chi connectivity index (χ1v) is 7.14. The highest BCUT2D eigenvalue weighted by Crippen LogP contribution is 2.20. The average Bonchev–Trinajstić information content (AvgIpc) is 2.33. The van der Waals surface area contributed by atoms with Crippen LogP contribution in [0.25, 0.3) is 0 Å². The van der Waals surface area contributed by atoms with Gasteiger partial charge in [-0.1, -0.05) is 13.8 Å². The molecule has 1 rings (SSSR count). The molecule has 0 saturated carbocycles. The van der Waals surface area contributed by atoms with Gasteiger partial charge in [0.2, 0.25) is 0 Å². The van der Waals surface area contributed by atoms with Crippen molar-refractivity contribution in [3.8, 4) is 0 Å². The molecule has 0 fully saturated rings. The quantitative estimate of drug-likeness (QED) is 0.824. The van der Waals surface area contributed by atoms with Gasteiger partial charge in [-0.2, -0.15) is 0 Å². The Labute approximate surface area is 120 Å². The van der Waals surface area contributed by atoms with E-state index in [1.54, 1.807) is 0 Å². The van der Waals surface area contributed by atoms with Crippen molar-refractivity contribution in [3.63, 3.8) is 0 Å². The molecule has 20 heavy (non-hydrogen) atoms. The second kappa shape index (κ2) is 7.70. The highest BCUT2D eigenvalue weighted by atomic mass is 19.1. The van der Waals surface area contributed by atoms with Crippen molar-refractivity contribution in [3.05, 3.63) is 35.4 Å². The zero-order valence-electron chi connectivity index (χ0n) is 12.7. The van der Waals surface area contributed by atoms with Gasteiger partial charge in [0.1, 0.15) is 11.6 Å². The van der Waals surface area contributed by atoms with E-state index in [0.29, 0.717) is 30.5 Å². The van der Waals surface area contributed by atoms with E-state index in [9.17, 15) is 13.9 Å². The van der Waals surface area contributed by atoms with Crippen LogP contribution in [0.3, 0.4) is 0 Å². The van der Waals surface area contributed by atoms with Crippen molar-refractivity contribution in [2.45, 2.75) is 45.8 Å². The van der Waals surface area contributed by atoms with E-state index >= 15 is 0 Å². The summed E-state index contributed by atoms with van der Waals surface area (Å²) in [5.74, 6) is -0.684. The molecule has 1 N–H and O–H groups in total. The van der Waals surface area contributed by atoms with Gasteiger partial charge in [0, 0.05) is 18.7 Å². The van der Waals surface area contributed by atoms with E-state index in [-0.39, 0.29) is 0 Å². The number of hydrogen-bond donors (Lipinski definition) is 1. The van der Waals surface area contributed by atoms with Gasteiger partial charge >= 0.3 is 0 Å². The monoisotopic (exact) mass is 285 g/mol. The Balaban J connectivity index is 2.52. The summed E-state index contributed by atoms with van der Waals surface area (Å²) in [6.45, 7) is 7.19. The molecule has 0 saturated heterocycles. The Morgan fingerprint density at radius 1 is 1.10 bits per heavy atom. The molecule has 2 nitrogen and oxygen atoms in total. The fraction of sp³-hybridized carbons (Fsp3) is 0.625. The molecule has 0 aliphatic carbocycles. The molecule has 2 atom stereocenters. The minimum atomic E-state index is -0.839. The van der Waals surface area contributed by atoms with Gasteiger partial charge in [-0.25, -0.2) is 8.78 Å². The van der Waals surface area contributed by atoms with E-state index in [1.165, 1.54) is 12.1 Å². The van der Waals surface area contributed by atoms with Gasteiger partial charge in [0.05, 0.1) is 6.10 Å². The van der Waals surface area contributed by atoms with Crippen LogP contribution in [-0.2, 0) is 0 Å². The molecule has 0 bridgehead atoms. The number of halogens is 2. The van der Waals surface area contributed by atoms with Gasteiger partial charge in [-0.15, -0.1) is 0 Å². The third-order valence-electron chi connectivity index (χ3n) is 3.59. The second-order valence-corrected chi connectivity index (χ2v) is 5.97. The molecule has 0 aliphatic heterocycles. The van der Waals surface area contributed by atoms with Crippen molar-refractivity contribution >= 4 is 0 Å². The van der Waals surface area contributed by atoms with Crippen molar-refractivity contribution in [1.29, 1.82) is 0 Å². The minimum absolute atomic E-state index is 0.299. The summed E-state index contributed by atoms with van der Waals surface area (Å²) < 4.78 is 26.2. The first kappa shape index (κ1) is 17.1. The van der Waals surface area contributed by atoms with Crippen molar-refractivity contribution in [1.82, 2.24) is 4.90 Å². The summed E-state index contributed by atoms with van der Waals surface area (Å²) >= 11 is 0. The Hall–Kier alpha value is -1.00. The molecule has 0 aliphatic rings. The van der Waals surface area contributed by atoms with Gasteiger partial charge < -0.3 is 10.0 Å². The van der Waals surface area contributed by atoms with Gasteiger partial charge in [-0.3, -0.25) is 0 Å². The van der Waals surface area contributed by atoms with Crippen LogP contribution >= 0.6 is 0 Å². The lowest BCUT2D eigenvalue weighted by molar-refractivity contribution is 0.134. The number of aliphatic hydroxyl groups is 1. The maximum absolute atomic E-state index is 13.1. The maximum Gasteiger partial charge on any atom is 0.126 e. The van der Waals surface area contributed by atoms with Crippen LogP contribution < -0.4 is 0 Å². The van der Waals surface area contributed by atoms with Crippen LogP contribution in [0, 0.1) is 17.6 Å². The normalized spacial score (nSPS) is 14.8. The summed E-state index contributed by atoms with van der Waals surface area (Å²) in [6, 6.07) is 3.61. The number of nitrogens with zero attached hydrogens (tertiary/aromatic N) is 1. The molecule has 2 unspecified atom stereocenters. The first-order valence-electron chi connectivity index (χ1n) is 7.14. The van der Waals surface area contributed by atoms with Gasteiger partial charge in [0.15, 0.2) is 0 Å². The Morgan fingerprint density at radius 2 is 1.65 bits per heavy atom. The maximum atomic E-state index is 13.1. The van der Waals surface area contributed by atoms with Crippen LogP contribution in [0.5, 0.6) is 0 Å². The Bertz CT molecular complexity index is 403. The van der Waals surface area contributed by atoms with E-state index in [2.05, 4.69) is 25.7 Å². The smallest absolute Gasteiger partial charge is 0.126 e. The topological polar surface area (TPSA) is 23.5 Å². The molecular formula is C16H25F2NO. The zero-order valence-corrected chi connectivity index (χ0v) is 12.7. The molecular weight excluding hydrogens is 260 g/mol. The van der Waals surface area contributed by atoms with Crippen LogP contribution in [0.4, 0.5) is 8.78 Å². The summed E-state index contributed by atoms with van der Waals surface area (Å²) in [7, 11) is 2.01. The van der Waals surface area contributed by atoms with E-state index in [1.807, 2.05) is 7.05 Å². The molecule has 114 valence electrons. The summed E-state index contributed by atoms with van der Waals surface area (Å²) in [4.78, 5) is 2.17. The Morgan fingerprint density at radius 3 is 2.15 bits per heavy atom. The van der Waals surface area contributed by atoms with E-state index < -0.39 is 17.7 Å². The SMILES string of the molecule is CC(C)CC(C)N(C)CCC(O)c1cc(F)cc(F)c1. The van der Waals surface area contributed by atoms with Gasteiger partial charge in [0.25, 0.3) is 0 Å². The van der Waals surface area contributed by atoms with Crippen LogP contribution in [0.1, 0.15) is 45.3 Å². The van der Waals surface area contributed by atoms with Crippen molar-refractivity contribution in [2.75, 3.05) is 13.6 Å². The number of hydrogen-bond acceptors (Lipinski definition) is 2. The standard InChI is InChI=1S/C16H25F2NO/c1-11(2)7-12(3)19(4)6-5-16(20)13-8-14(17)10-15(18)9-13/h8-12,16,20H,5-7H2,1-4H3. The number of rotatable bonds is 7. The summed E-state index contributed by atoms with van der Waals surface area (Å²) in [5.41, 5.74) is 0.299. The third-order valence-corrected chi connectivity index (χ3v) is 3.59. The Kier molecular flexibility index (Phi) is 6.56. The average molecular weight is 285 g/mol. The lowest BCUT2D eigenvalue weighted by Gasteiger charge is -2.27.